The number of aryl methyl sites for hydroxylation is 1. The van der Waals surface area contributed by atoms with Crippen LogP contribution in [0.25, 0.3) is 16.0 Å². The molecule has 31 heavy (non-hydrogen) atoms. The van der Waals surface area contributed by atoms with Gasteiger partial charge in [0.1, 0.15) is 4.70 Å². The molecule has 0 saturated heterocycles. The Balaban J connectivity index is 1.56. The molecule has 0 aliphatic rings. The van der Waals surface area contributed by atoms with Crippen molar-refractivity contribution in [1.29, 1.82) is 0 Å². The Morgan fingerprint density at radius 2 is 1.90 bits per heavy atom. The van der Waals surface area contributed by atoms with Gasteiger partial charge in [-0.05, 0) is 35.4 Å². The lowest BCUT2D eigenvalue weighted by Gasteiger charge is -2.15. The summed E-state index contributed by atoms with van der Waals surface area (Å²) < 4.78 is 4.55. The normalized spacial score (nSPS) is 12.6. The van der Waals surface area contributed by atoms with Crippen molar-refractivity contribution in [2.24, 2.45) is 0 Å². The highest BCUT2D eigenvalue weighted by Gasteiger charge is 2.19. The van der Waals surface area contributed by atoms with Crippen LogP contribution in [0.5, 0.6) is 0 Å². The smallest absolute Gasteiger partial charge is 0.272 e. The van der Waals surface area contributed by atoms with E-state index in [1.54, 1.807) is 16.3 Å². The fourth-order valence-electron chi connectivity index (χ4n) is 3.87. The minimum Gasteiger partial charge on any atom is -0.275 e. The van der Waals surface area contributed by atoms with E-state index in [-0.39, 0.29) is 11.5 Å². The average molecular weight is 447 g/mol. The van der Waals surface area contributed by atoms with E-state index in [0.717, 1.165) is 21.1 Å². The molecule has 156 valence electrons. The van der Waals surface area contributed by atoms with E-state index in [0.29, 0.717) is 12.3 Å². The maximum atomic E-state index is 13.3. The van der Waals surface area contributed by atoms with Gasteiger partial charge in [-0.1, -0.05) is 78.8 Å². The molecule has 0 N–H and O–H groups in total. The molecule has 0 aliphatic carbocycles. The van der Waals surface area contributed by atoms with Crippen LogP contribution in [-0.2, 0) is 12.3 Å². The van der Waals surface area contributed by atoms with Crippen molar-refractivity contribution >= 4 is 39.1 Å². The summed E-state index contributed by atoms with van der Waals surface area (Å²) in [5.41, 5.74) is 4.57. The van der Waals surface area contributed by atoms with Gasteiger partial charge in [-0.2, -0.15) is 0 Å². The molecule has 0 spiro atoms. The second-order valence-electron chi connectivity index (χ2n) is 7.76. The fourth-order valence-corrected chi connectivity index (χ4v) is 5.58. The maximum absolute atomic E-state index is 13.3. The Hall–Kier alpha value is -2.90. The van der Waals surface area contributed by atoms with Gasteiger partial charge in [0.15, 0.2) is 5.16 Å². The molecule has 1 unspecified atom stereocenters. The summed E-state index contributed by atoms with van der Waals surface area (Å²) in [5, 5.41) is 11.7. The molecule has 0 amide bonds. The number of thioether (sulfide) groups is 1. The van der Waals surface area contributed by atoms with Gasteiger partial charge >= 0.3 is 0 Å². The van der Waals surface area contributed by atoms with Crippen LogP contribution < -0.4 is 5.56 Å². The molecule has 0 bridgehead atoms. The van der Waals surface area contributed by atoms with Gasteiger partial charge in [0.05, 0.1) is 5.52 Å². The first-order valence-electron chi connectivity index (χ1n) is 10.2. The van der Waals surface area contributed by atoms with Gasteiger partial charge in [-0.15, -0.1) is 21.5 Å². The minimum atomic E-state index is 0.00270. The van der Waals surface area contributed by atoms with Crippen molar-refractivity contribution in [3.8, 4) is 0 Å². The molecule has 5 rings (SSSR count). The van der Waals surface area contributed by atoms with E-state index in [9.17, 15) is 4.79 Å². The van der Waals surface area contributed by atoms with Crippen molar-refractivity contribution in [2.75, 3.05) is 0 Å². The predicted octanol–water partition coefficient (Wildman–Crippen LogP) is 5.51. The monoisotopic (exact) mass is 446 g/mol. The van der Waals surface area contributed by atoms with Crippen LogP contribution in [0.15, 0.2) is 76.0 Å². The Morgan fingerprint density at radius 1 is 1.06 bits per heavy atom. The Kier molecular flexibility index (Phi) is 5.38. The van der Waals surface area contributed by atoms with Gasteiger partial charge in [-0.3, -0.25) is 13.8 Å². The number of nitrogens with zero attached hydrogens (tertiary/aromatic N) is 4. The first-order valence-corrected chi connectivity index (χ1v) is 12.1. The maximum Gasteiger partial charge on any atom is 0.272 e. The second-order valence-corrected chi connectivity index (χ2v) is 9.62. The summed E-state index contributed by atoms with van der Waals surface area (Å²) >= 11 is 3.12. The molecule has 0 saturated carbocycles. The Bertz CT molecular complexity index is 1420. The van der Waals surface area contributed by atoms with Gasteiger partial charge < -0.3 is 0 Å². The zero-order chi connectivity index (χ0) is 21.4. The van der Waals surface area contributed by atoms with Gasteiger partial charge in [0.2, 0.25) is 5.78 Å². The van der Waals surface area contributed by atoms with Gasteiger partial charge in [0, 0.05) is 12.3 Å². The van der Waals surface area contributed by atoms with E-state index >= 15 is 0 Å². The van der Waals surface area contributed by atoms with Crippen LogP contribution in [-0.4, -0.2) is 19.2 Å². The van der Waals surface area contributed by atoms with Crippen molar-refractivity contribution in [3.05, 3.63) is 93.1 Å². The quantitative estimate of drug-likeness (QED) is 0.323. The van der Waals surface area contributed by atoms with E-state index in [4.69, 9.17) is 0 Å². The molecule has 0 fully saturated rings. The molecule has 2 aromatic carbocycles. The lowest BCUT2D eigenvalue weighted by atomic mass is 10.0. The topological polar surface area (TPSA) is 52.2 Å². The number of benzene rings is 2. The predicted molar refractivity (Wildman–Crippen MR) is 128 cm³/mol. The summed E-state index contributed by atoms with van der Waals surface area (Å²) in [4.78, 5) is 13.3. The molecule has 5 aromatic rings. The lowest BCUT2D eigenvalue weighted by molar-refractivity contribution is 0.588. The Labute approximate surface area is 188 Å². The van der Waals surface area contributed by atoms with E-state index < -0.39 is 0 Å². The number of fused-ring (bicyclic) bond motifs is 3. The summed E-state index contributed by atoms with van der Waals surface area (Å²) in [6, 6.07) is 20.7. The van der Waals surface area contributed by atoms with E-state index in [1.807, 2.05) is 34.0 Å². The molecule has 0 aliphatic heterocycles. The molecule has 0 radical (unpaired) electrons. The lowest BCUT2D eigenvalue weighted by Crippen LogP contribution is -2.24. The van der Waals surface area contributed by atoms with Crippen molar-refractivity contribution < 1.29 is 0 Å². The summed E-state index contributed by atoms with van der Waals surface area (Å²) in [6.45, 7) is 4.80. The molecular formula is C24H22N4OS2. The largest absolute Gasteiger partial charge is 0.275 e. The zero-order valence-corrected chi connectivity index (χ0v) is 19.0. The molecule has 1 atom stereocenters. The standard InChI is InChI=1S/C24H22N4OS2/c1-16-7-6-8-18(13-16)15-31-24-26-25-23-27(14-17(2)19-9-4-3-5-10-19)22(29)21-20(28(23)24)11-12-30-21/h3-13,17H,14-15H2,1-2H3. The first kappa shape index (κ1) is 20.0. The van der Waals surface area contributed by atoms with Crippen molar-refractivity contribution in [3.63, 3.8) is 0 Å². The second kappa shape index (κ2) is 8.32. The number of hydrogen-bond donors (Lipinski definition) is 0. The molecular weight excluding hydrogens is 424 g/mol. The highest BCUT2D eigenvalue weighted by atomic mass is 32.2. The highest BCUT2D eigenvalue weighted by molar-refractivity contribution is 7.98. The molecule has 3 aromatic heterocycles. The Morgan fingerprint density at radius 3 is 2.71 bits per heavy atom. The number of hydrogen-bond acceptors (Lipinski definition) is 5. The SMILES string of the molecule is Cc1cccc(CSc2nnc3n(CC(C)c4ccccc4)c(=O)c4sccc4n23)c1. The molecule has 7 heteroatoms. The van der Waals surface area contributed by atoms with Crippen LogP contribution in [0.3, 0.4) is 0 Å². The van der Waals surface area contributed by atoms with Gasteiger partial charge in [-0.25, -0.2) is 0 Å². The third kappa shape index (κ3) is 3.79. The van der Waals surface area contributed by atoms with Gasteiger partial charge in [0.25, 0.3) is 5.56 Å². The van der Waals surface area contributed by atoms with Crippen molar-refractivity contribution in [2.45, 2.75) is 37.2 Å². The number of rotatable bonds is 6. The first-order chi connectivity index (χ1) is 15.1. The third-order valence-corrected chi connectivity index (χ3v) is 7.35. The highest BCUT2D eigenvalue weighted by Crippen LogP contribution is 2.27. The van der Waals surface area contributed by atoms with Crippen LogP contribution >= 0.6 is 23.1 Å². The average Bonchev–Trinajstić information content (AvgIpc) is 3.43. The molecule has 5 nitrogen and oxygen atoms in total. The van der Waals surface area contributed by atoms with Crippen LogP contribution in [0, 0.1) is 6.92 Å². The van der Waals surface area contributed by atoms with E-state index in [2.05, 4.69) is 60.4 Å². The number of aromatic nitrogens is 4. The van der Waals surface area contributed by atoms with E-state index in [1.165, 1.54) is 28.0 Å². The van der Waals surface area contributed by atoms with Crippen LogP contribution in [0.2, 0.25) is 0 Å². The van der Waals surface area contributed by atoms with Crippen LogP contribution in [0.1, 0.15) is 29.5 Å². The number of thiophene rings is 1. The summed E-state index contributed by atoms with van der Waals surface area (Å²) in [5.74, 6) is 1.58. The third-order valence-electron chi connectivity index (χ3n) is 5.46. The zero-order valence-electron chi connectivity index (χ0n) is 17.4. The fraction of sp³-hybridized carbons (Fsp3) is 0.208. The molecule has 3 heterocycles. The summed E-state index contributed by atoms with van der Waals surface area (Å²) in [7, 11) is 0. The van der Waals surface area contributed by atoms with Crippen molar-refractivity contribution in [1.82, 2.24) is 19.2 Å². The summed E-state index contributed by atoms with van der Waals surface area (Å²) in [6.07, 6.45) is 0. The minimum absolute atomic E-state index is 0.00270. The van der Waals surface area contributed by atoms with Crippen LogP contribution in [0.4, 0.5) is 0 Å².